The van der Waals surface area contributed by atoms with Crippen LogP contribution in [0.25, 0.3) is 5.69 Å². The van der Waals surface area contributed by atoms with Crippen LogP contribution >= 0.6 is 0 Å². The van der Waals surface area contributed by atoms with Crippen LogP contribution in [-0.4, -0.2) is 57.1 Å². The third kappa shape index (κ3) is 3.88. The van der Waals surface area contributed by atoms with Crippen LogP contribution in [0.1, 0.15) is 43.9 Å². The summed E-state index contributed by atoms with van der Waals surface area (Å²) in [7, 11) is 0. The van der Waals surface area contributed by atoms with Gasteiger partial charge < -0.3 is 15.0 Å². The molecule has 1 aliphatic heterocycles. The Balaban J connectivity index is 1.80. The van der Waals surface area contributed by atoms with E-state index >= 15 is 0 Å². The second-order valence-electron chi connectivity index (χ2n) is 7.27. The van der Waals surface area contributed by atoms with Crippen LogP contribution in [0, 0.1) is 6.92 Å². The number of amides is 1. The van der Waals surface area contributed by atoms with Gasteiger partial charge >= 0.3 is 0 Å². The SMILES string of the molecule is Cc1c(C(=O)N2CC(C)NC(C)C2)nnn1-c1ccc(OC(C)C)cc1. The van der Waals surface area contributed by atoms with Crippen molar-refractivity contribution in [1.29, 1.82) is 0 Å². The number of hydrogen-bond donors (Lipinski definition) is 1. The molecule has 0 radical (unpaired) electrons. The van der Waals surface area contributed by atoms with Crippen molar-refractivity contribution in [2.45, 2.75) is 52.8 Å². The number of hydrogen-bond acceptors (Lipinski definition) is 5. The van der Waals surface area contributed by atoms with Crippen LogP contribution in [-0.2, 0) is 0 Å². The van der Waals surface area contributed by atoms with E-state index in [1.807, 2.05) is 49.9 Å². The van der Waals surface area contributed by atoms with Crippen molar-refractivity contribution in [2.24, 2.45) is 0 Å². The number of piperazine rings is 1. The number of nitrogens with zero attached hydrogens (tertiary/aromatic N) is 4. The lowest BCUT2D eigenvalue weighted by Gasteiger charge is -2.35. The first-order chi connectivity index (χ1) is 12.3. The van der Waals surface area contributed by atoms with Gasteiger partial charge in [0.2, 0.25) is 0 Å². The zero-order valence-corrected chi connectivity index (χ0v) is 16.1. The lowest BCUT2D eigenvalue weighted by molar-refractivity contribution is 0.0667. The maximum absolute atomic E-state index is 12.9. The molecular formula is C19H27N5O2. The Labute approximate surface area is 154 Å². The molecule has 7 nitrogen and oxygen atoms in total. The molecule has 0 bridgehead atoms. The van der Waals surface area contributed by atoms with Crippen molar-refractivity contribution in [3.63, 3.8) is 0 Å². The van der Waals surface area contributed by atoms with Gasteiger partial charge in [0.15, 0.2) is 5.69 Å². The van der Waals surface area contributed by atoms with Crippen LogP contribution in [0.15, 0.2) is 24.3 Å². The maximum Gasteiger partial charge on any atom is 0.276 e. The Morgan fingerprint density at radius 2 is 1.81 bits per heavy atom. The van der Waals surface area contributed by atoms with Gasteiger partial charge in [-0.05, 0) is 58.9 Å². The molecule has 2 unspecified atom stereocenters. The Morgan fingerprint density at radius 1 is 1.19 bits per heavy atom. The van der Waals surface area contributed by atoms with Crippen molar-refractivity contribution < 1.29 is 9.53 Å². The molecule has 3 rings (SSSR count). The highest BCUT2D eigenvalue weighted by Crippen LogP contribution is 2.19. The average molecular weight is 357 g/mol. The zero-order valence-electron chi connectivity index (χ0n) is 16.1. The number of rotatable bonds is 4. The number of benzene rings is 1. The van der Waals surface area contributed by atoms with E-state index in [0.29, 0.717) is 18.8 Å². The van der Waals surface area contributed by atoms with E-state index in [1.165, 1.54) is 0 Å². The van der Waals surface area contributed by atoms with E-state index in [9.17, 15) is 4.79 Å². The van der Waals surface area contributed by atoms with Gasteiger partial charge in [-0.3, -0.25) is 4.79 Å². The summed E-state index contributed by atoms with van der Waals surface area (Å²) in [6.45, 7) is 11.4. The van der Waals surface area contributed by atoms with Crippen LogP contribution in [0.2, 0.25) is 0 Å². The van der Waals surface area contributed by atoms with Crippen LogP contribution in [0.4, 0.5) is 0 Å². The van der Waals surface area contributed by atoms with Gasteiger partial charge in [0.05, 0.1) is 17.5 Å². The molecule has 1 aromatic carbocycles. The van der Waals surface area contributed by atoms with Crippen LogP contribution in [0.5, 0.6) is 5.75 Å². The third-order valence-electron chi connectivity index (χ3n) is 4.39. The topological polar surface area (TPSA) is 72.3 Å². The highest BCUT2D eigenvalue weighted by Gasteiger charge is 2.28. The summed E-state index contributed by atoms with van der Waals surface area (Å²) in [6, 6.07) is 8.18. The fraction of sp³-hybridized carbons (Fsp3) is 0.526. The molecule has 140 valence electrons. The van der Waals surface area contributed by atoms with Gasteiger partial charge in [0.1, 0.15) is 5.75 Å². The van der Waals surface area contributed by atoms with E-state index in [-0.39, 0.29) is 24.1 Å². The highest BCUT2D eigenvalue weighted by molar-refractivity contribution is 5.93. The second kappa shape index (κ2) is 7.45. The fourth-order valence-corrected chi connectivity index (χ4v) is 3.35. The van der Waals surface area contributed by atoms with Crippen molar-refractivity contribution in [1.82, 2.24) is 25.2 Å². The molecule has 1 fully saturated rings. The molecule has 1 saturated heterocycles. The number of carbonyl (C=O) groups is 1. The molecule has 2 heterocycles. The van der Waals surface area contributed by atoms with Crippen molar-refractivity contribution in [3.8, 4) is 11.4 Å². The summed E-state index contributed by atoms with van der Waals surface area (Å²) in [5, 5.41) is 11.8. The van der Waals surface area contributed by atoms with Crippen LogP contribution < -0.4 is 10.1 Å². The third-order valence-corrected chi connectivity index (χ3v) is 4.39. The molecule has 26 heavy (non-hydrogen) atoms. The van der Waals surface area contributed by atoms with Gasteiger partial charge in [0, 0.05) is 25.2 Å². The van der Waals surface area contributed by atoms with Crippen molar-refractivity contribution in [3.05, 3.63) is 35.7 Å². The summed E-state index contributed by atoms with van der Waals surface area (Å²) >= 11 is 0. The standard InChI is InChI=1S/C19H27N5O2/c1-12(2)26-17-8-6-16(7-9-17)24-15(5)18(21-22-24)19(25)23-10-13(3)20-14(4)11-23/h6-9,12-14,20H,10-11H2,1-5H3. The number of carbonyl (C=O) groups excluding carboxylic acids is 1. The fourth-order valence-electron chi connectivity index (χ4n) is 3.35. The molecule has 0 saturated carbocycles. The Morgan fingerprint density at radius 3 is 2.38 bits per heavy atom. The lowest BCUT2D eigenvalue weighted by atomic mass is 10.1. The molecule has 1 aliphatic rings. The van der Waals surface area contributed by atoms with Gasteiger partial charge in [-0.25, -0.2) is 4.68 Å². The smallest absolute Gasteiger partial charge is 0.276 e. The molecule has 2 atom stereocenters. The summed E-state index contributed by atoms with van der Waals surface area (Å²) in [4.78, 5) is 14.7. The summed E-state index contributed by atoms with van der Waals surface area (Å²) in [5.41, 5.74) is 2.01. The number of ether oxygens (including phenoxy) is 1. The Kier molecular flexibility index (Phi) is 5.27. The first-order valence-corrected chi connectivity index (χ1v) is 9.10. The van der Waals surface area contributed by atoms with Gasteiger partial charge in [-0.1, -0.05) is 5.21 Å². The Hall–Kier alpha value is -2.41. The number of aromatic nitrogens is 3. The highest BCUT2D eigenvalue weighted by atomic mass is 16.5. The lowest BCUT2D eigenvalue weighted by Crippen LogP contribution is -2.56. The first kappa shape index (κ1) is 18.4. The van der Waals surface area contributed by atoms with Gasteiger partial charge in [0.25, 0.3) is 5.91 Å². The van der Waals surface area contributed by atoms with Crippen molar-refractivity contribution in [2.75, 3.05) is 13.1 Å². The first-order valence-electron chi connectivity index (χ1n) is 9.10. The molecule has 7 heteroatoms. The Bertz CT molecular complexity index is 759. The summed E-state index contributed by atoms with van der Waals surface area (Å²) < 4.78 is 7.36. The average Bonchev–Trinajstić information content (AvgIpc) is 2.95. The predicted octanol–water partition coefficient (Wildman–Crippen LogP) is 2.19. The summed E-state index contributed by atoms with van der Waals surface area (Å²) in [5.74, 6) is 0.746. The van der Waals surface area contributed by atoms with Crippen LogP contribution in [0.3, 0.4) is 0 Å². The monoisotopic (exact) mass is 357 g/mol. The predicted molar refractivity (Wildman–Crippen MR) is 99.8 cm³/mol. The molecule has 1 N–H and O–H groups in total. The minimum Gasteiger partial charge on any atom is -0.491 e. The van der Waals surface area contributed by atoms with Gasteiger partial charge in [-0.15, -0.1) is 5.10 Å². The normalized spacial score (nSPS) is 20.5. The molecule has 0 aliphatic carbocycles. The maximum atomic E-state index is 12.9. The molecule has 1 amide bonds. The second-order valence-corrected chi connectivity index (χ2v) is 7.27. The minimum atomic E-state index is -0.0614. The van der Waals surface area contributed by atoms with E-state index in [4.69, 9.17) is 4.74 Å². The van der Waals surface area contributed by atoms with E-state index < -0.39 is 0 Å². The van der Waals surface area contributed by atoms with Gasteiger partial charge in [-0.2, -0.15) is 0 Å². The molecular weight excluding hydrogens is 330 g/mol. The van der Waals surface area contributed by atoms with Crippen molar-refractivity contribution >= 4 is 5.91 Å². The molecule has 2 aromatic rings. The van der Waals surface area contributed by atoms with E-state index in [0.717, 1.165) is 17.1 Å². The minimum absolute atomic E-state index is 0.0614. The zero-order chi connectivity index (χ0) is 18.8. The largest absolute Gasteiger partial charge is 0.491 e. The molecule has 1 aromatic heterocycles. The summed E-state index contributed by atoms with van der Waals surface area (Å²) in [6.07, 6.45) is 0.127. The molecule has 0 spiro atoms. The van der Waals surface area contributed by atoms with E-state index in [1.54, 1.807) is 4.68 Å². The number of nitrogens with one attached hydrogen (secondary N) is 1. The quantitative estimate of drug-likeness (QED) is 0.908. The van der Waals surface area contributed by atoms with E-state index in [2.05, 4.69) is 29.5 Å².